The average molecular weight is 178 g/mol. The Kier molecular flexibility index (Phi) is 3.67. The van der Waals surface area contributed by atoms with Gasteiger partial charge >= 0.3 is 0 Å². The van der Waals surface area contributed by atoms with Crippen molar-refractivity contribution >= 4 is 6.08 Å². The number of aliphatic imine (C=N–C) groups is 1. The molecule has 4 heteroatoms. The zero-order valence-electron chi connectivity index (χ0n) is 7.36. The van der Waals surface area contributed by atoms with Crippen LogP contribution in [0.3, 0.4) is 0 Å². The van der Waals surface area contributed by atoms with Gasteiger partial charge in [-0.1, -0.05) is 6.07 Å². The number of hydrogen-bond acceptors (Lipinski definition) is 4. The molecule has 0 atom stereocenters. The van der Waals surface area contributed by atoms with Gasteiger partial charge in [0.15, 0.2) is 0 Å². The Morgan fingerprint density at radius 2 is 2.46 bits per heavy atom. The Hall–Kier alpha value is -1.67. The lowest BCUT2D eigenvalue weighted by atomic mass is 10.2. The first kappa shape index (κ1) is 9.42. The fourth-order valence-corrected chi connectivity index (χ4v) is 0.910. The van der Waals surface area contributed by atoms with E-state index in [1.165, 1.54) is 6.08 Å². The Labute approximate surface area is 76.3 Å². The van der Waals surface area contributed by atoms with Crippen molar-refractivity contribution in [1.82, 2.24) is 4.98 Å². The molecule has 0 bridgehead atoms. The number of nitrogens with zero attached hydrogens (tertiary/aromatic N) is 2. The molecule has 0 aromatic carbocycles. The van der Waals surface area contributed by atoms with Gasteiger partial charge in [-0.05, 0) is 12.0 Å². The molecular formula is C9H10N2O2. The van der Waals surface area contributed by atoms with E-state index >= 15 is 0 Å². The third-order valence-electron chi connectivity index (χ3n) is 1.58. The number of methoxy groups -OCH3 is 1. The topological polar surface area (TPSA) is 51.5 Å². The zero-order valence-corrected chi connectivity index (χ0v) is 7.36. The van der Waals surface area contributed by atoms with Gasteiger partial charge in [0.05, 0.1) is 13.7 Å². The van der Waals surface area contributed by atoms with Gasteiger partial charge in [-0.15, -0.1) is 0 Å². The highest BCUT2D eigenvalue weighted by atomic mass is 16.5. The van der Waals surface area contributed by atoms with Gasteiger partial charge in [0.2, 0.25) is 12.0 Å². The van der Waals surface area contributed by atoms with Crippen molar-refractivity contribution in [3.05, 3.63) is 23.9 Å². The number of rotatable bonds is 4. The molecule has 0 N–H and O–H groups in total. The first-order valence-electron chi connectivity index (χ1n) is 3.89. The van der Waals surface area contributed by atoms with Crippen LogP contribution >= 0.6 is 0 Å². The van der Waals surface area contributed by atoms with Crippen molar-refractivity contribution < 1.29 is 9.53 Å². The van der Waals surface area contributed by atoms with E-state index in [0.717, 1.165) is 5.56 Å². The molecule has 0 aliphatic heterocycles. The highest BCUT2D eigenvalue weighted by molar-refractivity contribution is 5.33. The molecule has 13 heavy (non-hydrogen) atoms. The fourth-order valence-electron chi connectivity index (χ4n) is 0.910. The largest absolute Gasteiger partial charge is 0.481 e. The summed E-state index contributed by atoms with van der Waals surface area (Å²) in [6.45, 7) is 0.456. The molecule has 1 heterocycles. The summed E-state index contributed by atoms with van der Waals surface area (Å²) in [6.07, 6.45) is 3.90. The molecule has 0 radical (unpaired) electrons. The SMILES string of the molecule is COc1ccc(CCN=C=O)cn1. The summed E-state index contributed by atoms with van der Waals surface area (Å²) in [5.74, 6) is 0.586. The van der Waals surface area contributed by atoms with Crippen molar-refractivity contribution in [3.63, 3.8) is 0 Å². The zero-order chi connectivity index (χ0) is 9.52. The maximum absolute atomic E-state index is 9.77. The number of aromatic nitrogens is 1. The van der Waals surface area contributed by atoms with Gasteiger partial charge in [-0.3, -0.25) is 0 Å². The van der Waals surface area contributed by atoms with Crippen LogP contribution in [0.1, 0.15) is 5.56 Å². The summed E-state index contributed by atoms with van der Waals surface area (Å²) in [7, 11) is 1.57. The lowest BCUT2D eigenvalue weighted by molar-refractivity contribution is 0.397. The lowest BCUT2D eigenvalue weighted by Gasteiger charge is -1.99. The van der Waals surface area contributed by atoms with E-state index in [1.807, 2.05) is 6.07 Å². The minimum atomic E-state index is 0.456. The van der Waals surface area contributed by atoms with Crippen LogP contribution in [0.4, 0.5) is 0 Å². The predicted molar refractivity (Wildman–Crippen MR) is 47.5 cm³/mol. The van der Waals surface area contributed by atoms with E-state index in [4.69, 9.17) is 4.74 Å². The van der Waals surface area contributed by atoms with Gasteiger partial charge in [-0.25, -0.2) is 14.8 Å². The van der Waals surface area contributed by atoms with E-state index in [0.29, 0.717) is 18.8 Å². The molecule has 0 aliphatic rings. The van der Waals surface area contributed by atoms with Crippen LogP contribution < -0.4 is 4.74 Å². The predicted octanol–water partition coefficient (Wildman–Crippen LogP) is 0.968. The second-order valence-corrected chi connectivity index (χ2v) is 2.43. The van der Waals surface area contributed by atoms with E-state index in [1.54, 1.807) is 19.4 Å². The number of carbonyl (C=O) groups excluding carboxylic acids is 1. The third kappa shape index (κ3) is 3.05. The third-order valence-corrected chi connectivity index (χ3v) is 1.58. The van der Waals surface area contributed by atoms with Crippen LogP contribution in [0.15, 0.2) is 23.3 Å². The molecule has 0 spiro atoms. The van der Waals surface area contributed by atoms with Crippen molar-refractivity contribution in [2.45, 2.75) is 6.42 Å². The number of pyridine rings is 1. The van der Waals surface area contributed by atoms with E-state index in [2.05, 4.69) is 9.98 Å². The Balaban J connectivity index is 2.53. The summed E-state index contributed by atoms with van der Waals surface area (Å²) in [5, 5.41) is 0. The van der Waals surface area contributed by atoms with Gasteiger partial charge < -0.3 is 4.74 Å². The van der Waals surface area contributed by atoms with E-state index in [-0.39, 0.29) is 0 Å². The lowest BCUT2D eigenvalue weighted by Crippen LogP contribution is -1.92. The second kappa shape index (κ2) is 5.06. The smallest absolute Gasteiger partial charge is 0.234 e. The normalized spacial score (nSPS) is 9.00. The van der Waals surface area contributed by atoms with Crippen LogP contribution in [0.25, 0.3) is 0 Å². The molecule has 0 amide bonds. The molecule has 1 aromatic heterocycles. The quantitative estimate of drug-likeness (QED) is 0.510. The summed E-state index contributed by atoms with van der Waals surface area (Å²) in [6, 6.07) is 3.67. The molecule has 0 unspecified atom stereocenters. The van der Waals surface area contributed by atoms with Crippen molar-refractivity contribution in [3.8, 4) is 5.88 Å². The first-order valence-corrected chi connectivity index (χ1v) is 3.89. The first-order chi connectivity index (χ1) is 6.36. The molecule has 68 valence electrons. The molecular weight excluding hydrogens is 168 g/mol. The fraction of sp³-hybridized carbons (Fsp3) is 0.333. The average Bonchev–Trinajstić information content (AvgIpc) is 2.19. The second-order valence-electron chi connectivity index (χ2n) is 2.43. The van der Waals surface area contributed by atoms with E-state index in [9.17, 15) is 4.79 Å². The van der Waals surface area contributed by atoms with Gasteiger partial charge in [-0.2, -0.15) is 0 Å². The minimum absolute atomic E-state index is 0.456. The molecule has 4 nitrogen and oxygen atoms in total. The number of isocyanates is 1. The van der Waals surface area contributed by atoms with Gasteiger partial charge in [0.1, 0.15) is 0 Å². The molecule has 1 rings (SSSR count). The maximum atomic E-state index is 9.77. The standard InChI is InChI=1S/C9H10N2O2/c1-13-9-3-2-8(6-11-9)4-5-10-7-12/h2-3,6H,4-5H2,1H3. The molecule has 0 aliphatic carbocycles. The molecule has 0 saturated carbocycles. The number of hydrogen-bond donors (Lipinski definition) is 0. The van der Waals surface area contributed by atoms with Crippen LogP contribution in [0.5, 0.6) is 5.88 Å². The van der Waals surface area contributed by atoms with Crippen LogP contribution in [0.2, 0.25) is 0 Å². The molecule has 0 fully saturated rings. The highest BCUT2D eigenvalue weighted by Gasteiger charge is 1.94. The minimum Gasteiger partial charge on any atom is -0.481 e. The Morgan fingerprint density at radius 3 is 3.00 bits per heavy atom. The van der Waals surface area contributed by atoms with Crippen molar-refractivity contribution in [1.29, 1.82) is 0 Å². The highest BCUT2D eigenvalue weighted by Crippen LogP contribution is 2.06. The van der Waals surface area contributed by atoms with Crippen LogP contribution in [-0.2, 0) is 11.2 Å². The summed E-state index contributed by atoms with van der Waals surface area (Å²) in [5.41, 5.74) is 1.03. The Bertz CT molecular complexity index is 302. The Morgan fingerprint density at radius 1 is 1.62 bits per heavy atom. The number of ether oxygens (including phenoxy) is 1. The summed E-state index contributed by atoms with van der Waals surface area (Å²) < 4.78 is 4.90. The van der Waals surface area contributed by atoms with Crippen LogP contribution in [-0.4, -0.2) is 24.7 Å². The van der Waals surface area contributed by atoms with Crippen molar-refractivity contribution in [2.75, 3.05) is 13.7 Å². The summed E-state index contributed by atoms with van der Waals surface area (Å²) >= 11 is 0. The molecule has 1 aromatic rings. The maximum Gasteiger partial charge on any atom is 0.234 e. The van der Waals surface area contributed by atoms with Gasteiger partial charge in [0, 0.05) is 12.3 Å². The van der Waals surface area contributed by atoms with Gasteiger partial charge in [0.25, 0.3) is 0 Å². The van der Waals surface area contributed by atoms with E-state index < -0.39 is 0 Å². The van der Waals surface area contributed by atoms with Crippen LogP contribution in [0, 0.1) is 0 Å². The van der Waals surface area contributed by atoms with Crippen molar-refractivity contribution in [2.24, 2.45) is 4.99 Å². The molecule has 0 saturated heterocycles. The summed E-state index contributed by atoms with van der Waals surface area (Å²) in [4.78, 5) is 17.2. The monoisotopic (exact) mass is 178 g/mol.